The number of urea groups is 1. The van der Waals surface area contributed by atoms with Crippen LogP contribution in [0.15, 0.2) is 0 Å². The van der Waals surface area contributed by atoms with Crippen molar-refractivity contribution in [3.63, 3.8) is 0 Å². The maximum atomic E-state index is 11.0. The smallest absolute Gasteiger partial charge is 0.317 e. The quantitative estimate of drug-likeness (QED) is 0.581. The maximum Gasteiger partial charge on any atom is 0.317 e. The highest BCUT2D eigenvalue weighted by atomic mass is 16.2. The van der Waals surface area contributed by atoms with Crippen molar-refractivity contribution in [1.29, 1.82) is 0 Å². The van der Waals surface area contributed by atoms with Crippen LogP contribution in [0.4, 0.5) is 4.79 Å². The monoisotopic (exact) mass is 171 g/mol. The molecule has 0 aromatic rings. The zero-order chi connectivity index (χ0) is 8.97. The Labute approximate surface area is 71.1 Å². The lowest BCUT2D eigenvalue weighted by atomic mass is 10.5. The van der Waals surface area contributed by atoms with Crippen molar-refractivity contribution in [2.24, 2.45) is 0 Å². The number of hydrogen-bond donors (Lipinski definition) is 2. The van der Waals surface area contributed by atoms with Crippen LogP contribution in [0, 0.1) is 0 Å². The van der Waals surface area contributed by atoms with Crippen molar-refractivity contribution in [2.45, 2.75) is 6.92 Å². The van der Waals surface area contributed by atoms with E-state index in [-0.39, 0.29) is 11.9 Å². The second-order valence-corrected chi connectivity index (χ2v) is 2.70. The highest BCUT2D eigenvalue weighted by molar-refractivity contribution is 5.76. The topological polar surface area (TPSA) is 61.4 Å². The molecule has 5 nitrogen and oxygen atoms in total. The van der Waals surface area contributed by atoms with Crippen molar-refractivity contribution in [3.8, 4) is 0 Å². The Morgan fingerprint density at radius 1 is 1.75 bits per heavy atom. The van der Waals surface area contributed by atoms with Crippen molar-refractivity contribution in [2.75, 3.05) is 26.2 Å². The average molecular weight is 171 g/mol. The van der Waals surface area contributed by atoms with E-state index in [9.17, 15) is 9.59 Å². The van der Waals surface area contributed by atoms with E-state index in [0.29, 0.717) is 19.6 Å². The molecule has 0 spiro atoms. The van der Waals surface area contributed by atoms with Gasteiger partial charge in [0.15, 0.2) is 0 Å². The molecule has 1 aliphatic rings. The van der Waals surface area contributed by atoms with Gasteiger partial charge in [-0.15, -0.1) is 0 Å². The Morgan fingerprint density at radius 3 is 3.00 bits per heavy atom. The predicted molar refractivity (Wildman–Crippen MR) is 43.7 cm³/mol. The van der Waals surface area contributed by atoms with Gasteiger partial charge in [-0.2, -0.15) is 0 Å². The fraction of sp³-hybridized carbons (Fsp3) is 0.714. The molecule has 1 aliphatic heterocycles. The van der Waals surface area contributed by atoms with Gasteiger partial charge in [0.2, 0.25) is 5.91 Å². The fourth-order valence-electron chi connectivity index (χ4n) is 1.09. The number of nitrogens with zero attached hydrogens (tertiary/aromatic N) is 1. The lowest BCUT2D eigenvalue weighted by Crippen LogP contribution is -2.35. The van der Waals surface area contributed by atoms with Gasteiger partial charge in [0, 0.05) is 33.1 Å². The number of amides is 3. The molecule has 12 heavy (non-hydrogen) atoms. The van der Waals surface area contributed by atoms with Crippen LogP contribution in [-0.2, 0) is 4.79 Å². The number of carbonyl (C=O) groups excluding carboxylic acids is 2. The molecular formula is C7H13N3O2. The van der Waals surface area contributed by atoms with Crippen molar-refractivity contribution in [1.82, 2.24) is 15.5 Å². The molecular weight excluding hydrogens is 158 g/mol. The van der Waals surface area contributed by atoms with Gasteiger partial charge in [0.05, 0.1) is 0 Å². The molecule has 1 saturated heterocycles. The molecule has 1 fully saturated rings. The summed E-state index contributed by atoms with van der Waals surface area (Å²) in [5.74, 6) is -0.0606. The van der Waals surface area contributed by atoms with Gasteiger partial charge in [-0.3, -0.25) is 4.79 Å². The first-order valence-corrected chi connectivity index (χ1v) is 3.97. The minimum absolute atomic E-state index is 0.0413. The molecule has 68 valence electrons. The van der Waals surface area contributed by atoms with Gasteiger partial charge in [-0.05, 0) is 0 Å². The van der Waals surface area contributed by atoms with Crippen molar-refractivity contribution >= 4 is 11.9 Å². The Bertz CT molecular complexity index is 193. The number of hydrogen-bond acceptors (Lipinski definition) is 2. The van der Waals surface area contributed by atoms with Gasteiger partial charge < -0.3 is 15.5 Å². The van der Waals surface area contributed by atoms with Gasteiger partial charge in [0.1, 0.15) is 0 Å². The minimum Gasteiger partial charge on any atom is -0.355 e. The number of carbonyl (C=O) groups is 2. The molecule has 0 aliphatic carbocycles. The van der Waals surface area contributed by atoms with E-state index in [2.05, 4.69) is 10.6 Å². The third-order valence-corrected chi connectivity index (χ3v) is 1.70. The first-order chi connectivity index (χ1) is 5.70. The molecule has 3 amide bonds. The minimum atomic E-state index is -0.0606. The van der Waals surface area contributed by atoms with Gasteiger partial charge >= 0.3 is 6.03 Å². The lowest BCUT2D eigenvalue weighted by molar-refractivity contribution is -0.118. The average Bonchev–Trinajstić information content (AvgIpc) is 2.36. The molecule has 1 rings (SSSR count). The summed E-state index contributed by atoms with van der Waals surface area (Å²) < 4.78 is 0. The number of rotatable bonds is 3. The summed E-state index contributed by atoms with van der Waals surface area (Å²) in [7, 11) is 0. The molecule has 0 saturated carbocycles. The first kappa shape index (κ1) is 8.83. The largest absolute Gasteiger partial charge is 0.355 e. The van der Waals surface area contributed by atoms with E-state index in [1.54, 1.807) is 4.90 Å². The summed E-state index contributed by atoms with van der Waals surface area (Å²) in [6, 6.07) is -0.0413. The standard InChI is InChI=1S/C7H13N3O2/c1-6(11)8-2-4-10-5-3-9-7(10)12/h2-5H2,1H3,(H,8,11)(H,9,12). The zero-order valence-electron chi connectivity index (χ0n) is 7.09. The summed E-state index contributed by atoms with van der Waals surface area (Å²) in [5, 5.41) is 5.31. The Kier molecular flexibility index (Phi) is 2.90. The second-order valence-electron chi connectivity index (χ2n) is 2.70. The summed E-state index contributed by atoms with van der Waals surface area (Å²) in [4.78, 5) is 23.1. The third-order valence-electron chi connectivity index (χ3n) is 1.70. The van der Waals surface area contributed by atoms with Crippen LogP contribution in [0.25, 0.3) is 0 Å². The van der Waals surface area contributed by atoms with E-state index in [1.807, 2.05) is 0 Å². The van der Waals surface area contributed by atoms with Gasteiger partial charge in [-0.1, -0.05) is 0 Å². The Morgan fingerprint density at radius 2 is 2.50 bits per heavy atom. The number of nitrogens with one attached hydrogen (secondary N) is 2. The molecule has 0 atom stereocenters. The van der Waals surface area contributed by atoms with E-state index in [1.165, 1.54) is 6.92 Å². The van der Waals surface area contributed by atoms with Crippen LogP contribution in [-0.4, -0.2) is 43.0 Å². The molecule has 0 aromatic carbocycles. The van der Waals surface area contributed by atoms with Crippen LogP contribution in [0.3, 0.4) is 0 Å². The summed E-state index contributed by atoms with van der Waals surface area (Å²) in [6.07, 6.45) is 0. The molecule has 2 N–H and O–H groups in total. The fourth-order valence-corrected chi connectivity index (χ4v) is 1.09. The van der Waals surface area contributed by atoms with Gasteiger partial charge in [-0.25, -0.2) is 4.79 Å². The van der Waals surface area contributed by atoms with Crippen LogP contribution in [0.1, 0.15) is 6.92 Å². The normalized spacial score (nSPS) is 16.1. The summed E-state index contributed by atoms with van der Waals surface area (Å²) in [5.41, 5.74) is 0. The SMILES string of the molecule is CC(=O)NCCN1CCNC1=O. The van der Waals surface area contributed by atoms with Crippen LogP contribution in [0.2, 0.25) is 0 Å². The molecule has 1 heterocycles. The van der Waals surface area contributed by atoms with E-state index < -0.39 is 0 Å². The lowest BCUT2D eigenvalue weighted by Gasteiger charge is -2.13. The van der Waals surface area contributed by atoms with E-state index in [0.717, 1.165) is 6.54 Å². The Hall–Kier alpha value is -1.26. The highest BCUT2D eigenvalue weighted by Gasteiger charge is 2.18. The van der Waals surface area contributed by atoms with Crippen molar-refractivity contribution in [3.05, 3.63) is 0 Å². The second kappa shape index (κ2) is 3.94. The highest BCUT2D eigenvalue weighted by Crippen LogP contribution is 1.93. The van der Waals surface area contributed by atoms with E-state index in [4.69, 9.17) is 0 Å². The molecule has 0 unspecified atom stereocenters. The van der Waals surface area contributed by atoms with Crippen LogP contribution in [0.5, 0.6) is 0 Å². The molecule has 5 heteroatoms. The zero-order valence-corrected chi connectivity index (χ0v) is 7.09. The third kappa shape index (κ3) is 2.41. The van der Waals surface area contributed by atoms with E-state index >= 15 is 0 Å². The van der Waals surface area contributed by atoms with Crippen LogP contribution >= 0.6 is 0 Å². The summed E-state index contributed by atoms with van der Waals surface area (Å²) >= 11 is 0. The van der Waals surface area contributed by atoms with Crippen molar-refractivity contribution < 1.29 is 9.59 Å². The molecule has 0 bridgehead atoms. The van der Waals surface area contributed by atoms with Gasteiger partial charge in [0.25, 0.3) is 0 Å². The first-order valence-electron chi connectivity index (χ1n) is 3.97. The van der Waals surface area contributed by atoms with Crippen LogP contribution < -0.4 is 10.6 Å². The molecule has 0 radical (unpaired) electrons. The molecule has 0 aromatic heterocycles. The summed E-state index contributed by atoms with van der Waals surface area (Å²) in [6.45, 7) is 4.02. The Balaban J connectivity index is 2.14. The maximum absolute atomic E-state index is 11.0. The predicted octanol–water partition coefficient (Wildman–Crippen LogP) is -0.852.